The van der Waals surface area contributed by atoms with Gasteiger partial charge in [0.1, 0.15) is 18.1 Å². The van der Waals surface area contributed by atoms with Crippen molar-refractivity contribution in [2.45, 2.75) is 6.61 Å². The van der Waals surface area contributed by atoms with Crippen molar-refractivity contribution >= 4 is 12.0 Å². The summed E-state index contributed by atoms with van der Waals surface area (Å²) in [4.78, 5) is 12.0. The summed E-state index contributed by atoms with van der Waals surface area (Å²) in [5, 5.41) is 4.17. The Kier molecular flexibility index (Phi) is 5.89. The van der Waals surface area contributed by atoms with Crippen LogP contribution in [0.25, 0.3) is 11.8 Å². The summed E-state index contributed by atoms with van der Waals surface area (Å²) in [6, 6.07) is 14.9. The van der Waals surface area contributed by atoms with E-state index in [1.807, 2.05) is 42.6 Å². The topological polar surface area (TPSA) is 62.6 Å². The first kappa shape index (κ1) is 18.3. The lowest BCUT2D eigenvalue weighted by Crippen LogP contribution is -2.01. The van der Waals surface area contributed by atoms with E-state index in [1.165, 1.54) is 6.08 Å². The molecular formula is C21H20N2O4. The number of nitrogens with zero attached hydrogens (tertiary/aromatic N) is 2. The summed E-state index contributed by atoms with van der Waals surface area (Å²) < 4.78 is 17.5. The molecular weight excluding hydrogens is 344 g/mol. The number of hydrogen-bond acceptors (Lipinski definition) is 5. The smallest absolute Gasteiger partial charge is 0.331 e. The van der Waals surface area contributed by atoms with Gasteiger partial charge in [-0.2, -0.15) is 5.10 Å². The van der Waals surface area contributed by atoms with E-state index >= 15 is 0 Å². The molecule has 0 radical (unpaired) electrons. The predicted octanol–water partition coefficient (Wildman–Crippen LogP) is 3.65. The highest BCUT2D eigenvalue weighted by Crippen LogP contribution is 2.25. The van der Waals surface area contributed by atoms with Crippen molar-refractivity contribution in [1.29, 1.82) is 0 Å². The maximum Gasteiger partial charge on any atom is 0.331 e. The summed E-state index contributed by atoms with van der Waals surface area (Å²) >= 11 is 0. The zero-order chi connectivity index (χ0) is 19.1. The minimum absolute atomic E-state index is 0.197. The van der Waals surface area contributed by atoms with E-state index in [-0.39, 0.29) is 6.61 Å². The first-order valence-corrected chi connectivity index (χ1v) is 8.35. The zero-order valence-electron chi connectivity index (χ0n) is 15.2. The van der Waals surface area contributed by atoms with Crippen LogP contribution in [0.5, 0.6) is 11.5 Å². The molecule has 0 bridgehead atoms. The van der Waals surface area contributed by atoms with E-state index in [0.29, 0.717) is 11.5 Å². The van der Waals surface area contributed by atoms with E-state index in [0.717, 1.165) is 16.8 Å². The van der Waals surface area contributed by atoms with E-state index in [2.05, 4.69) is 5.10 Å². The fourth-order valence-electron chi connectivity index (χ4n) is 2.48. The Hall–Kier alpha value is -3.54. The summed E-state index contributed by atoms with van der Waals surface area (Å²) in [6.45, 7) is 0.197. The standard InChI is InChI=1S/C21H20N2O4/c1-25-19-10-6-17(20(14-19)26-2)7-11-21(24)27-15-16-4-8-18(9-5-16)23-13-3-12-22-23/h3-14H,15H2,1-2H3/b11-7+. The molecule has 0 amide bonds. The van der Waals surface area contributed by atoms with Crippen molar-refractivity contribution in [2.24, 2.45) is 0 Å². The van der Waals surface area contributed by atoms with Crippen LogP contribution in [-0.4, -0.2) is 30.0 Å². The van der Waals surface area contributed by atoms with Gasteiger partial charge in [-0.15, -0.1) is 0 Å². The normalized spacial score (nSPS) is 10.7. The Labute approximate surface area is 157 Å². The minimum atomic E-state index is -0.427. The molecule has 3 aromatic rings. The quantitative estimate of drug-likeness (QED) is 0.473. The van der Waals surface area contributed by atoms with Gasteiger partial charge in [0.2, 0.25) is 0 Å². The molecule has 0 aliphatic heterocycles. The second-order valence-corrected chi connectivity index (χ2v) is 5.67. The van der Waals surface area contributed by atoms with Gasteiger partial charge >= 0.3 is 5.97 Å². The number of rotatable bonds is 7. The van der Waals surface area contributed by atoms with Crippen molar-refractivity contribution in [3.8, 4) is 17.2 Å². The van der Waals surface area contributed by atoms with Crippen LogP contribution >= 0.6 is 0 Å². The molecule has 0 saturated heterocycles. The number of aromatic nitrogens is 2. The van der Waals surface area contributed by atoms with Crippen LogP contribution in [0.3, 0.4) is 0 Å². The van der Waals surface area contributed by atoms with Gasteiger partial charge in [0.15, 0.2) is 0 Å². The number of carbonyl (C=O) groups is 1. The Morgan fingerprint density at radius 3 is 2.59 bits per heavy atom. The molecule has 6 nitrogen and oxygen atoms in total. The van der Waals surface area contributed by atoms with Crippen LogP contribution in [0, 0.1) is 0 Å². The molecule has 0 atom stereocenters. The van der Waals surface area contributed by atoms with Crippen LogP contribution in [0.1, 0.15) is 11.1 Å². The fraction of sp³-hybridized carbons (Fsp3) is 0.143. The molecule has 0 fully saturated rings. The minimum Gasteiger partial charge on any atom is -0.497 e. The molecule has 1 heterocycles. The monoisotopic (exact) mass is 364 g/mol. The van der Waals surface area contributed by atoms with E-state index < -0.39 is 5.97 Å². The third-order valence-corrected chi connectivity index (χ3v) is 3.93. The van der Waals surface area contributed by atoms with E-state index in [9.17, 15) is 4.79 Å². The Balaban J connectivity index is 1.57. The highest BCUT2D eigenvalue weighted by molar-refractivity contribution is 5.87. The van der Waals surface area contributed by atoms with E-state index in [4.69, 9.17) is 14.2 Å². The van der Waals surface area contributed by atoms with Gasteiger partial charge in [-0.1, -0.05) is 12.1 Å². The molecule has 138 valence electrons. The average molecular weight is 364 g/mol. The number of esters is 1. The number of methoxy groups -OCH3 is 2. The molecule has 2 aromatic carbocycles. The molecule has 0 aliphatic carbocycles. The lowest BCUT2D eigenvalue weighted by Gasteiger charge is -2.07. The van der Waals surface area contributed by atoms with Crippen LogP contribution in [0.4, 0.5) is 0 Å². The van der Waals surface area contributed by atoms with Crippen molar-refractivity contribution in [2.75, 3.05) is 14.2 Å². The Morgan fingerprint density at radius 2 is 1.93 bits per heavy atom. The highest BCUT2D eigenvalue weighted by Gasteiger charge is 2.04. The van der Waals surface area contributed by atoms with Gasteiger partial charge in [0.25, 0.3) is 0 Å². The molecule has 0 saturated carbocycles. The van der Waals surface area contributed by atoms with Gasteiger partial charge in [-0.25, -0.2) is 9.48 Å². The van der Waals surface area contributed by atoms with Gasteiger partial charge < -0.3 is 14.2 Å². The SMILES string of the molecule is COc1ccc(/C=C/C(=O)OCc2ccc(-n3cccn3)cc2)c(OC)c1. The molecule has 0 spiro atoms. The fourth-order valence-corrected chi connectivity index (χ4v) is 2.48. The Morgan fingerprint density at radius 1 is 1.11 bits per heavy atom. The van der Waals surface area contributed by atoms with Gasteiger partial charge in [0, 0.05) is 30.1 Å². The number of ether oxygens (including phenoxy) is 3. The largest absolute Gasteiger partial charge is 0.497 e. The molecule has 1 aromatic heterocycles. The first-order valence-electron chi connectivity index (χ1n) is 8.35. The van der Waals surface area contributed by atoms with Gasteiger partial charge in [0.05, 0.1) is 19.9 Å². The Bertz CT molecular complexity index is 916. The molecule has 0 N–H and O–H groups in total. The zero-order valence-corrected chi connectivity index (χ0v) is 15.2. The van der Waals surface area contributed by atoms with Crippen LogP contribution < -0.4 is 9.47 Å². The second kappa shape index (κ2) is 8.71. The lowest BCUT2D eigenvalue weighted by atomic mass is 10.1. The summed E-state index contributed by atoms with van der Waals surface area (Å²) in [5.41, 5.74) is 2.61. The second-order valence-electron chi connectivity index (χ2n) is 5.67. The van der Waals surface area contributed by atoms with Crippen LogP contribution in [-0.2, 0) is 16.1 Å². The first-order chi connectivity index (χ1) is 13.2. The molecule has 27 heavy (non-hydrogen) atoms. The van der Waals surface area contributed by atoms with Gasteiger partial charge in [-0.3, -0.25) is 0 Å². The van der Waals surface area contributed by atoms with Crippen LogP contribution in [0.2, 0.25) is 0 Å². The van der Waals surface area contributed by atoms with E-state index in [1.54, 1.807) is 43.3 Å². The molecule has 0 aliphatic rings. The van der Waals surface area contributed by atoms with Crippen LogP contribution in [0.15, 0.2) is 67.0 Å². The number of carbonyl (C=O) groups excluding carboxylic acids is 1. The molecule has 3 rings (SSSR count). The molecule has 6 heteroatoms. The number of benzene rings is 2. The highest BCUT2D eigenvalue weighted by atomic mass is 16.5. The third-order valence-electron chi connectivity index (χ3n) is 3.93. The summed E-state index contributed by atoms with van der Waals surface area (Å²) in [6.07, 6.45) is 6.62. The number of hydrogen-bond donors (Lipinski definition) is 0. The summed E-state index contributed by atoms with van der Waals surface area (Å²) in [5.74, 6) is 0.877. The maximum atomic E-state index is 12.0. The third kappa shape index (κ3) is 4.76. The maximum absolute atomic E-state index is 12.0. The van der Waals surface area contributed by atoms with Crippen molar-refractivity contribution in [1.82, 2.24) is 9.78 Å². The molecule has 0 unspecified atom stereocenters. The van der Waals surface area contributed by atoms with Gasteiger partial charge in [-0.05, 0) is 42.0 Å². The van der Waals surface area contributed by atoms with Crippen molar-refractivity contribution in [3.05, 3.63) is 78.1 Å². The summed E-state index contributed by atoms with van der Waals surface area (Å²) in [7, 11) is 3.15. The van der Waals surface area contributed by atoms with Crippen molar-refractivity contribution in [3.63, 3.8) is 0 Å². The predicted molar refractivity (Wildman–Crippen MR) is 102 cm³/mol. The lowest BCUT2D eigenvalue weighted by molar-refractivity contribution is -0.138. The average Bonchev–Trinajstić information content (AvgIpc) is 3.25. The van der Waals surface area contributed by atoms with Crippen molar-refractivity contribution < 1.29 is 19.0 Å².